The van der Waals surface area contributed by atoms with Crippen molar-refractivity contribution in [2.24, 2.45) is 0 Å². The highest BCUT2D eigenvalue weighted by Crippen LogP contribution is 2.31. The van der Waals surface area contributed by atoms with Gasteiger partial charge in [0.15, 0.2) is 0 Å². The fourth-order valence-electron chi connectivity index (χ4n) is 1.27. The lowest BCUT2D eigenvalue weighted by Crippen LogP contribution is -2.19. The molecule has 0 atom stereocenters. The van der Waals surface area contributed by atoms with E-state index in [1.807, 2.05) is 0 Å². The monoisotopic (exact) mass is 300 g/mol. The average molecular weight is 300 g/mol. The highest BCUT2D eigenvalue weighted by atomic mass is 19.4. The van der Waals surface area contributed by atoms with E-state index in [1.165, 1.54) is 6.92 Å². The maximum absolute atomic E-state index is 12.2. The van der Waals surface area contributed by atoms with Crippen LogP contribution in [0.15, 0.2) is 18.2 Å². The number of rotatable bonds is 5. The molecule has 0 aliphatic carbocycles. The molecule has 4 nitrogen and oxygen atoms in total. The molecule has 20 heavy (non-hydrogen) atoms. The van der Waals surface area contributed by atoms with Gasteiger partial charge in [-0.05, 0) is 19.1 Å². The summed E-state index contributed by atoms with van der Waals surface area (Å²) in [6, 6.07) is 2.28. The molecule has 0 amide bonds. The molecular formula is C11H9F5O4. The SMILES string of the molecule is CCOC(=O)c1ccc(OC(F)F)cc1OC(F)(F)F. The number of halogens is 5. The Morgan fingerprint density at radius 3 is 2.45 bits per heavy atom. The molecule has 9 heteroatoms. The lowest BCUT2D eigenvalue weighted by Gasteiger charge is -2.14. The minimum atomic E-state index is -5.09. The molecule has 0 radical (unpaired) electrons. The zero-order chi connectivity index (χ0) is 15.3. The van der Waals surface area contributed by atoms with Crippen molar-refractivity contribution < 1.29 is 41.0 Å². The number of alkyl halides is 5. The van der Waals surface area contributed by atoms with Crippen molar-refractivity contribution >= 4 is 5.97 Å². The van der Waals surface area contributed by atoms with Gasteiger partial charge in [-0.15, -0.1) is 13.2 Å². The Morgan fingerprint density at radius 1 is 1.30 bits per heavy atom. The van der Waals surface area contributed by atoms with Crippen LogP contribution in [0.2, 0.25) is 0 Å². The minimum absolute atomic E-state index is 0.0699. The van der Waals surface area contributed by atoms with Gasteiger partial charge in [-0.1, -0.05) is 0 Å². The molecule has 0 spiro atoms. The number of hydrogen-bond donors (Lipinski definition) is 0. The highest BCUT2D eigenvalue weighted by molar-refractivity contribution is 5.92. The first-order chi connectivity index (χ1) is 9.23. The summed E-state index contributed by atoms with van der Waals surface area (Å²) in [5.41, 5.74) is -0.550. The van der Waals surface area contributed by atoms with Gasteiger partial charge in [0.2, 0.25) is 0 Å². The fourth-order valence-corrected chi connectivity index (χ4v) is 1.27. The van der Waals surface area contributed by atoms with E-state index in [1.54, 1.807) is 0 Å². The lowest BCUT2D eigenvalue weighted by molar-refractivity contribution is -0.274. The van der Waals surface area contributed by atoms with Crippen LogP contribution in [0.5, 0.6) is 11.5 Å². The molecule has 0 aliphatic heterocycles. The summed E-state index contributed by atoms with van der Waals surface area (Å²) in [6.45, 7) is -1.84. The van der Waals surface area contributed by atoms with E-state index in [4.69, 9.17) is 0 Å². The van der Waals surface area contributed by atoms with Crippen molar-refractivity contribution in [2.75, 3.05) is 6.61 Å². The normalized spacial score (nSPS) is 11.3. The Balaban J connectivity index is 3.12. The summed E-state index contributed by atoms with van der Waals surface area (Å²) >= 11 is 0. The van der Waals surface area contributed by atoms with Gasteiger partial charge in [0.1, 0.15) is 17.1 Å². The number of carbonyl (C=O) groups excluding carboxylic acids is 1. The molecular weight excluding hydrogens is 291 g/mol. The second-order valence-electron chi connectivity index (χ2n) is 3.30. The van der Waals surface area contributed by atoms with Crippen LogP contribution in [0, 0.1) is 0 Å². The van der Waals surface area contributed by atoms with Crippen LogP contribution in [0.4, 0.5) is 22.0 Å². The maximum Gasteiger partial charge on any atom is 0.573 e. The van der Waals surface area contributed by atoms with E-state index < -0.39 is 36.0 Å². The topological polar surface area (TPSA) is 44.8 Å². The molecule has 1 aromatic rings. The van der Waals surface area contributed by atoms with Crippen LogP contribution in [-0.2, 0) is 4.74 Å². The third-order valence-electron chi connectivity index (χ3n) is 1.90. The molecule has 1 rings (SSSR count). The van der Waals surface area contributed by atoms with Crippen LogP contribution >= 0.6 is 0 Å². The summed E-state index contributed by atoms with van der Waals surface area (Å²) in [6.07, 6.45) is -5.09. The molecule has 1 aromatic carbocycles. The second-order valence-corrected chi connectivity index (χ2v) is 3.30. The van der Waals surface area contributed by atoms with Gasteiger partial charge < -0.3 is 14.2 Å². The Labute approximate surface area is 110 Å². The maximum atomic E-state index is 12.2. The van der Waals surface area contributed by atoms with Crippen LogP contribution in [0.25, 0.3) is 0 Å². The van der Waals surface area contributed by atoms with Crippen molar-refractivity contribution in [3.63, 3.8) is 0 Å². The largest absolute Gasteiger partial charge is 0.573 e. The number of ether oxygens (including phenoxy) is 3. The smallest absolute Gasteiger partial charge is 0.462 e. The van der Waals surface area contributed by atoms with E-state index in [-0.39, 0.29) is 6.61 Å². The average Bonchev–Trinajstić information content (AvgIpc) is 2.26. The number of hydrogen-bond acceptors (Lipinski definition) is 4. The summed E-state index contributed by atoms with van der Waals surface area (Å²) in [5, 5.41) is 0. The van der Waals surface area contributed by atoms with E-state index >= 15 is 0 Å². The molecule has 112 valence electrons. The Kier molecular flexibility index (Phi) is 5.12. The molecule has 0 fully saturated rings. The third kappa shape index (κ3) is 4.90. The second kappa shape index (κ2) is 6.40. The van der Waals surface area contributed by atoms with Crippen molar-refractivity contribution in [3.8, 4) is 11.5 Å². The van der Waals surface area contributed by atoms with Gasteiger partial charge in [0.05, 0.1) is 6.61 Å². The van der Waals surface area contributed by atoms with Crippen LogP contribution in [0.3, 0.4) is 0 Å². The molecule has 0 N–H and O–H groups in total. The molecule has 0 saturated carbocycles. The molecule has 0 saturated heterocycles. The lowest BCUT2D eigenvalue weighted by atomic mass is 10.2. The minimum Gasteiger partial charge on any atom is -0.462 e. The van der Waals surface area contributed by atoms with Crippen molar-refractivity contribution in [3.05, 3.63) is 23.8 Å². The third-order valence-corrected chi connectivity index (χ3v) is 1.90. The van der Waals surface area contributed by atoms with Gasteiger partial charge >= 0.3 is 18.9 Å². The van der Waals surface area contributed by atoms with Gasteiger partial charge in [-0.25, -0.2) is 4.79 Å². The summed E-state index contributed by atoms with van der Waals surface area (Å²) in [7, 11) is 0. The number of carbonyl (C=O) groups is 1. The Bertz CT molecular complexity index is 472. The number of benzene rings is 1. The quantitative estimate of drug-likeness (QED) is 0.618. The zero-order valence-corrected chi connectivity index (χ0v) is 10.0. The zero-order valence-electron chi connectivity index (χ0n) is 10.0. The molecule has 0 bridgehead atoms. The Hall–Kier alpha value is -2.06. The molecule has 0 unspecified atom stereocenters. The van der Waals surface area contributed by atoms with Gasteiger partial charge in [0, 0.05) is 6.07 Å². The molecule has 0 aliphatic rings. The highest BCUT2D eigenvalue weighted by Gasteiger charge is 2.33. The van der Waals surface area contributed by atoms with Gasteiger partial charge in [-0.3, -0.25) is 0 Å². The van der Waals surface area contributed by atoms with Crippen molar-refractivity contribution in [1.82, 2.24) is 0 Å². The van der Waals surface area contributed by atoms with E-state index in [2.05, 4.69) is 14.2 Å². The van der Waals surface area contributed by atoms with Gasteiger partial charge in [0.25, 0.3) is 0 Å². The first-order valence-corrected chi connectivity index (χ1v) is 5.24. The standard InChI is InChI=1S/C11H9F5O4/c1-2-18-9(17)7-4-3-6(19-10(12)13)5-8(7)20-11(14,15)16/h3-5,10H,2H2,1H3. The first-order valence-electron chi connectivity index (χ1n) is 5.24. The predicted octanol–water partition coefficient (Wildman–Crippen LogP) is 3.36. The molecule has 0 aromatic heterocycles. The van der Waals surface area contributed by atoms with Crippen molar-refractivity contribution in [2.45, 2.75) is 19.9 Å². The molecule has 0 heterocycles. The van der Waals surface area contributed by atoms with E-state index in [0.29, 0.717) is 6.07 Å². The number of esters is 1. The van der Waals surface area contributed by atoms with Crippen LogP contribution in [-0.4, -0.2) is 25.6 Å². The van der Waals surface area contributed by atoms with E-state index in [0.717, 1.165) is 12.1 Å². The summed E-state index contributed by atoms with van der Waals surface area (Å²) in [4.78, 5) is 11.4. The Morgan fingerprint density at radius 2 is 1.95 bits per heavy atom. The van der Waals surface area contributed by atoms with Gasteiger partial charge in [-0.2, -0.15) is 8.78 Å². The summed E-state index contributed by atoms with van der Waals surface area (Å²) < 4.78 is 72.6. The summed E-state index contributed by atoms with van der Waals surface area (Å²) in [5.74, 6) is -2.63. The fraction of sp³-hybridized carbons (Fsp3) is 0.364. The van der Waals surface area contributed by atoms with Crippen LogP contribution in [0.1, 0.15) is 17.3 Å². The first kappa shape index (κ1) is 16.0. The van der Waals surface area contributed by atoms with E-state index in [9.17, 15) is 26.7 Å². The van der Waals surface area contributed by atoms with Crippen molar-refractivity contribution in [1.29, 1.82) is 0 Å². The van der Waals surface area contributed by atoms with Crippen LogP contribution < -0.4 is 9.47 Å². The predicted molar refractivity (Wildman–Crippen MR) is 55.7 cm³/mol.